The molecule has 1 aromatic carbocycles. The highest BCUT2D eigenvalue weighted by molar-refractivity contribution is 14.0. The molecular weight excluding hydrogens is 452 g/mol. The number of ether oxygens (including phenoxy) is 1. The van der Waals surface area contributed by atoms with Crippen molar-refractivity contribution in [3.63, 3.8) is 0 Å². The van der Waals surface area contributed by atoms with Crippen molar-refractivity contribution in [3.8, 4) is 0 Å². The third kappa shape index (κ3) is 7.96. The van der Waals surface area contributed by atoms with Crippen LogP contribution in [-0.4, -0.2) is 32.3 Å². The number of halogens is 3. The van der Waals surface area contributed by atoms with E-state index in [1.54, 1.807) is 13.2 Å². The first-order valence-electron chi connectivity index (χ1n) is 6.54. The standard InChI is InChI=1S/C14H21BrFN3O.HI/c1-4-17-14(19-10(2)9-20-3)18-8-11-7-12(16)5-6-13(11)15;/h5-7,10H,4,8-9H2,1-3H3,(H2,17,18,19);1H. The normalized spacial score (nSPS) is 12.5. The van der Waals surface area contributed by atoms with Crippen LogP contribution in [0.15, 0.2) is 27.7 Å². The Kier molecular flexibility index (Phi) is 11.0. The molecule has 0 amide bonds. The fourth-order valence-corrected chi connectivity index (χ4v) is 2.05. The summed E-state index contributed by atoms with van der Waals surface area (Å²) in [5.41, 5.74) is 0.807. The minimum absolute atomic E-state index is 0. The highest BCUT2D eigenvalue weighted by Crippen LogP contribution is 2.18. The van der Waals surface area contributed by atoms with Crippen molar-refractivity contribution in [2.75, 3.05) is 20.3 Å². The van der Waals surface area contributed by atoms with Gasteiger partial charge in [-0.3, -0.25) is 0 Å². The molecule has 0 saturated heterocycles. The SMILES string of the molecule is CCNC(=NCc1cc(F)ccc1Br)NC(C)COC.I. The van der Waals surface area contributed by atoms with Crippen molar-refractivity contribution in [1.82, 2.24) is 10.6 Å². The molecule has 0 fully saturated rings. The van der Waals surface area contributed by atoms with E-state index in [-0.39, 0.29) is 35.8 Å². The summed E-state index contributed by atoms with van der Waals surface area (Å²) in [5, 5.41) is 6.38. The molecule has 1 aromatic rings. The van der Waals surface area contributed by atoms with E-state index in [0.717, 1.165) is 16.6 Å². The lowest BCUT2D eigenvalue weighted by atomic mass is 10.2. The third-order valence-electron chi connectivity index (χ3n) is 2.56. The van der Waals surface area contributed by atoms with Gasteiger partial charge in [-0.25, -0.2) is 9.38 Å². The number of rotatable bonds is 6. The molecule has 0 aliphatic heterocycles. The lowest BCUT2D eigenvalue weighted by molar-refractivity contribution is 0.179. The average Bonchev–Trinajstić information content (AvgIpc) is 2.40. The second-order valence-corrected chi connectivity index (χ2v) is 5.29. The summed E-state index contributed by atoms with van der Waals surface area (Å²) < 4.78 is 19.1. The molecule has 0 saturated carbocycles. The van der Waals surface area contributed by atoms with E-state index in [0.29, 0.717) is 19.1 Å². The highest BCUT2D eigenvalue weighted by Gasteiger charge is 2.06. The van der Waals surface area contributed by atoms with Gasteiger partial charge < -0.3 is 15.4 Å². The van der Waals surface area contributed by atoms with Crippen LogP contribution in [0.5, 0.6) is 0 Å². The third-order valence-corrected chi connectivity index (χ3v) is 3.33. The number of aliphatic imine (C=N–C) groups is 1. The Labute approximate surface area is 151 Å². The maximum atomic E-state index is 13.2. The number of guanidine groups is 1. The summed E-state index contributed by atoms with van der Waals surface area (Å²) in [4.78, 5) is 4.45. The molecule has 4 nitrogen and oxygen atoms in total. The Morgan fingerprint density at radius 3 is 2.81 bits per heavy atom. The summed E-state index contributed by atoms with van der Waals surface area (Å²) in [6, 6.07) is 4.74. The number of nitrogens with one attached hydrogen (secondary N) is 2. The smallest absolute Gasteiger partial charge is 0.191 e. The molecule has 0 aromatic heterocycles. The van der Waals surface area contributed by atoms with Gasteiger partial charge in [-0.15, -0.1) is 24.0 Å². The number of methoxy groups -OCH3 is 1. The fourth-order valence-electron chi connectivity index (χ4n) is 1.67. The first kappa shape index (κ1) is 20.6. The zero-order chi connectivity index (χ0) is 15.0. The molecule has 120 valence electrons. The predicted octanol–water partition coefficient (Wildman–Crippen LogP) is 3.30. The highest BCUT2D eigenvalue weighted by atomic mass is 127. The van der Waals surface area contributed by atoms with Crippen LogP contribution < -0.4 is 10.6 Å². The maximum absolute atomic E-state index is 13.2. The number of benzene rings is 1. The van der Waals surface area contributed by atoms with Gasteiger partial charge in [-0.1, -0.05) is 15.9 Å². The second kappa shape index (κ2) is 11.2. The molecule has 1 unspecified atom stereocenters. The van der Waals surface area contributed by atoms with Gasteiger partial charge in [0.1, 0.15) is 5.82 Å². The average molecular weight is 474 g/mol. The molecule has 1 rings (SSSR count). The minimum Gasteiger partial charge on any atom is -0.383 e. The van der Waals surface area contributed by atoms with Gasteiger partial charge in [0.2, 0.25) is 0 Å². The molecule has 0 heterocycles. The minimum atomic E-state index is -0.260. The van der Waals surface area contributed by atoms with E-state index < -0.39 is 0 Å². The molecule has 21 heavy (non-hydrogen) atoms. The number of hydrogen-bond donors (Lipinski definition) is 2. The zero-order valence-corrected chi connectivity index (χ0v) is 16.4. The largest absolute Gasteiger partial charge is 0.383 e. The van der Waals surface area contributed by atoms with Gasteiger partial charge in [-0.2, -0.15) is 0 Å². The van der Waals surface area contributed by atoms with E-state index in [1.807, 2.05) is 13.8 Å². The Balaban J connectivity index is 0.00000400. The quantitative estimate of drug-likeness (QED) is 0.378. The lowest BCUT2D eigenvalue weighted by Gasteiger charge is -2.17. The van der Waals surface area contributed by atoms with E-state index in [1.165, 1.54) is 12.1 Å². The molecule has 2 N–H and O–H groups in total. The van der Waals surface area contributed by atoms with Gasteiger partial charge in [0.25, 0.3) is 0 Å². The van der Waals surface area contributed by atoms with Crippen LogP contribution in [0, 0.1) is 5.82 Å². The van der Waals surface area contributed by atoms with Crippen molar-refractivity contribution in [3.05, 3.63) is 34.1 Å². The van der Waals surface area contributed by atoms with E-state index >= 15 is 0 Å². The molecule has 0 radical (unpaired) electrons. The van der Waals surface area contributed by atoms with Crippen LogP contribution in [0.3, 0.4) is 0 Å². The summed E-state index contributed by atoms with van der Waals surface area (Å²) in [7, 11) is 1.66. The van der Waals surface area contributed by atoms with Gasteiger partial charge in [0.05, 0.1) is 13.2 Å². The van der Waals surface area contributed by atoms with Crippen molar-refractivity contribution >= 4 is 45.9 Å². The van der Waals surface area contributed by atoms with Crippen molar-refractivity contribution in [2.24, 2.45) is 4.99 Å². The Bertz CT molecular complexity index is 460. The van der Waals surface area contributed by atoms with Crippen LogP contribution in [0.1, 0.15) is 19.4 Å². The molecule has 0 spiro atoms. The topological polar surface area (TPSA) is 45.7 Å². The van der Waals surface area contributed by atoms with Crippen molar-refractivity contribution in [2.45, 2.75) is 26.4 Å². The van der Waals surface area contributed by atoms with Crippen LogP contribution in [0.25, 0.3) is 0 Å². The molecule has 0 aliphatic carbocycles. The number of hydrogen-bond acceptors (Lipinski definition) is 2. The van der Waals surface area contributed by atoms with Gasteiger partial charge in [-0.05, 0) is 37.6 Å². The Hall–Kier alpha value is -0.410. The van der Waals surface area contributed by atoms with Gasteiger partial charge >= 0.3 is 0 Å². The Morgan fingerprint density at radius 2 is 2.19 bits per heavy atom. The fraction of sp³-hybridized carbons (Fsp3) is 0.500. The maximum Gasteiger partial charge on any atom is 0.191 e. The predicted molar refractivity (Wildman–Crippen MR) is 98.8 cm³/mol. The zero-order valence-electron chi connectivity index (χ0n) is 12.5. The summed E-state index contributed by atoms with van der Waals surface area (Å²) in [6.07, 6.45) is 0. The second-order valence-electron chi connectivity index (χ2n) is 4.43. The van der Waals surface area contributed by atoms with Gasteiger partial charge in [0.15, 0.2) is 5.96 Å². The van der Waals surface area contributed by atoms with E-state index in [2.05, 4.69) is 31.6 Å². The van der Waals surface area contributed by atoms with Crippen LogP contribution in [-0.2, 0) is 11.3 Å². The monoisotopic (exact) mass is 473 g/mol. The molecular formula is C14H22BrFIN3O. The lowest BCUT2D eigenvalue weighted by Crippen LogP contribution is -2.43. The van der Waals surface area contributed by atoms with E-state index in [4.69, 9.17) is 4.74 Å². The molecule has 0 bridgehead atoms. The van der Waals surface area contributed by atoms with Crippen LogP contribution in [0.2, 0.25) is 0 Å². The van der Waals surface area contributed by atoms with Crippen molar-refractivity contribution < 1.29 is 9.13 Å². The summed E-state index contributed by atoms with van der Waals surface area (Å²) in [6.45, 7) is 5.75. The molecule has 1 atom stereocenters. The molecule has 0 aliphatic rings. The summed E-state index contributed by atoms with van der Waals surface area (Å²) in [5.74, 6) is 0.428. The van der Waals surface area contributed by atoms with Crippen LogP contribution in [0.4, 0.5) is 4.39 Å². The first-order valence-corrected chi connectivity index (χ1v) is 7.33. The van der Waals surface area contributed by atoms with Crippen LogP contribution >= 0.6 is 39.9 Å². The Morgan fingerprint density at radius 1 is 1.48 bits per heavy atom. The number of nitrogens with zero attached hydrogens (tertiary/aromatic N) is 1. The van der Waals surface area contributed by atoms with E-state index in [9.17, 15) is 4.39 Å². The molecule has 7 heteroatoms. The first-order chi connectivity index (χ1) is 9.56. The van der Waals surface area contributed by atoms with Gasteiger partial charge in [0, 0.05) is 24.2 Å². The summed E-state index contributed by atoms with van der Waals surface area (Å²) >= 11 is 3.40. The van der Waals surface area contributed by atoms with Crippen molar-refractivity contribution in [1.29, 1.82) is 0 Å².